The summed E-state index contributed by atoms with van der Waals surface area (Å²) in [6, 6.07) is 8.73. The van der Waals surface area contributed by atoms with Gasteiger partial charge < -0.3 is 19.9 Å². The van der Waals surface area contributed by atoms with Crippen molar-refractivity contribution in [1.82, 2.24) is 0 Å². The molecular weight excluding hydrogens is 372 g/mol. The number of nitrogen functional groups attached to an aromatic ring is 1. The van der Waals surface area contributed by atoms with Gasteiger partial charge in [0, 0.05) is 24.0 Å². The van der Waals surface area contributed by atoms with E-state index in [1.807, 2.05) is 12.3 Å². The van der Waals surface area contributed by atoms with Gasteiger partial charge in [0.15, 0.2) is 0 Å². The van der Waals surface area contributed by atoms with Crippen LogP contribution in [-0.2, 0) is 11.3 Å². The molecule has 0 bridgehead atoms. The summed E-state index contributed by atoms with van der Waals surface area (Å²) in [5.74, 6) is 1.34. The minimum Gasteiger partial charge on any atom is -0.493 e. The van der Waals surface area contributed by atoms with Crippen molar-refractivity contribution in [2.24, 2.45) is 0 Å². The second-order valence-electron chi connectivity index (χ2n) is 5.88. The standard InChI is InChI=1S/C20H25F2NO3S/c1-27-11-10-25-17-5-7-20(19(23)13-17)26-9-3-2-8-24-14-15-12-16(21)4-6-18(15)22/h4-7,12-13H,2-3,8-11,14,23H2,1H3. The minimum absolute atomic E-state index is 0.0510. The fourth-order valence-corrected chi connectivity index (χ4v) is 2.56. The Balaban J connectivity index is 1.61. The van der Waals surface area contributed by atoms with Crippen molar-refractivity contribution >= 4 is 17.4 Å². The van der Waals surface area contributed by atoms with Gasteiger partial charge in [-0.15, -0.1) is 0 Å². The van der Waals surface area contributed by atoms with Gasteiger partial charge in [0.05, 0.1) is 25.5 Å². The van der Waals surface area contributed by atoms with Gasteiger partial charge >= 0.3 is 0 Å². The van der Waals surface area contributed by atoms with Crippen LogP contribution in [0.5, 0.6) is 11.5 Å². The van der Waals surface area contributed by atoms with Crippen LogP contribution in [0.1, 0.15) is 18.4 Å². The molecule has 0 saturated carbocycles. The molecule has 2 N–H and O–H groups in total. The summed E-state index contributed by atoms with van der Waals surface area (Å²) in [4.78, 5) is 0. The monoisotopic (exact) mass is 397 g/mol. The zero-order valence-electron chi connectivity index (χ0n) is 15.4. The van der Waals surface area contributed by atoms with E-state index in [-0.39, 0.29) is 12.2 Å². The van der Waals surface area contributed by atoms with Crippen LogP contribution < -0.4 is 15.2 Å². The smallest absolute Gasteiger partial charge is 0.142 e. The van der Waals surface area contributed by atoms with Crippen molar-refractivity contribution in [2.75, 3.05) is 37.6 Å². The topological polar surface area (TPSA) is 53.7 Å². The van der Waals surface area contributed by atoms with Crippen molar-refractivity contribution < 1.29 is 23.0 Å². The predicted octanol–water partition coefficient (Wildman–Crippen LogP) is 4.66. The minimum atomic E-state index is -0.471. The fourth-order valence-electron chi connectivity index (χ4n) is 2.31. The van der Waals surface area contributed by atoms with E-state index < -0.39 is 11.6 Å². The molecule has 0 radical (unpaired) electrons. The van der Waals surface area contributed by atoms with Crippen LogP contribution in [0.4, 0.5) is 14.5 Å². The maximum Gasteiger partial charge on any atom is 0.142 e. The lowest BCUT2D eigenvalue weighted by molar-refractivity contribution is 0.111. The largest absolute Gasteiger partial charge is 0.493 e. The molecule has 0 spiro atoms. The Kier molecular flexibility index (Phi) is 9.21. The molecule has 0 aliphatic carbocycles. The summed E-state index contributed by atoms with van der Waals surface area (Å²) >= 11 is 1.72. The average molecular weight is 397 g/mol. The number of thioether (sulfide) groups is 1. The van der Waals surface area contributed by atoms with Gasteiger partial charge in [0.1, 0.15) is 23.1 Å². The Hall–Kier alpha value is -1.99. The Morgan fingerprint density at radius 1 is 0.963 bits per heavy atom. The summed E-state index contributed by atoms with van der Waals surface area (Å²) in [5.41, 5.74) is 6.74. The molecule has 27 heavy (non-hydrogen) atoms. The van der Waals surface area contributed by atoms with Crippen LogP contribution in [0.15, 0.2) is 36.4 Å². The van der Waals surface area contributed by atoms with Crippen LogP contribution in [-0.4, -0.2) is 31.8 Å². The lowest BCUT2D eigenvalue weighted by Gasteiger charge is -2.11. The lowest BCUT2D eigenvalue weighted by Crippen LogP contribution is -2.04. The quantitative estimate of drug-likeness (QED) is 0.417. The van der Waals surface area contributed by atoms with Crippen molar-refractivity contribution in [3.8, 4) is 11.5 Å². The highest BCUT2D eigenvalue weighted by Crippen LogP contribution is 2.26. The molecule has 2 aromatic rings. The first-order valence-electron chi connectivity index (χ1n) is 8.76. The molecule has 0 heterocycles. The molecule has 4 nitrogen and oxygen atoms in total. The zero-order valence-corrected chi connectivity index (χ0v) is 16.2. The molecule has 0 amide bonds. The molecule has 0 aliphatic rings. The van der Waals surface area contributed by atoms with Crippen molar-refractivity contribution in [3.05, 3.63) is 53.6 Å². The van der Waals surface area contributed by atoms with E-state index in [2.05, 4.69) is 0 Å². The third kappa shape index (κ3) is 7.64. The third-order valence-corrected chi connectivity index (χ3v) is 4.32. The summed E-state index contributed by atoms with van der Waals surface area (Å²) in [5, 5.41) is 0. The molecule has 7 heteroatoms. The lowest BCUT2D eigenvalue weighted by atomic mass is 10.2. The Morgan fingerprint density at radius 3 is 2.56 bits per heavy atom. The van der Waals surface area contributed by atoms with Crippen LogP contribution in [0, 0.1) is 11.6 Å². The van der Waals surface area contributed by atoms with Gasteiger partial charge in [-0.1, -0.05) is 0 Å². The summed E-state index contributed by atoms with van der Waals surface area (Å²) in [7, 11) is 0. The highest BCUT2D eigenvalue weighted by molar-refractivity contribution is 7.98. The molecule has 2 aromatic carbocycles. The molecule has 148 valence electrons. The van der Waals surface area contributed by atoms with Crippen LogP contribution in [0.3, 0.4) is 0 Å². The number of unbranched alkanes of at least 4 members (excludes halogenated alkanes) is 1. The van der Waals surface area contributed by atoms with E-state index in [0.29, 0.717) is 31.3 Å². The Labute approximate surface area is 163 Å². The van der Waals surface area contributed by atoms with Gasteiger partial charge in [-0.05, 0) is 49.4 Å². The summed E-state index contributed by atoms with van der Waals surface area (Å²) in [6.07, 6.45) is 3.53. The van der Waals surface area contributed by atoms with Gasteiger partial charge in [-0.2, -0.15) is 11.8 Å². The van der Waals surface area contributed by atoms with Gasteiger partial charge in [0.25, 0.3) is 0 Å². The average Bonchev–Trinajstić information content (AvgIpc) is 2.65. The van der Waals surface area contributed by atoms with Crippen molar-refractivity contribution in [1.29, 1.82) is 0 Å². The number of anilines is 1. The first kappa shape index (κ1) is 21.3. The highest BCUT2D eigenvalue weighted by atomic mass is 32.2. The molecular formula is C20H25F2NO3S. The summed E-state index contributed by atoms with van der Waals surface area (Å²) < 4.78 is 43.2. The molecule has 0 saturated heterocycles. The van der Waals surface area contributed by atoms with E-state index >= 15 is 0 Å². The number of hydrogen-bond acceptors (Lipinski definition) is 5. The highest BCUT2D eigenvalue weighted by Gasteiger charge is 2.05. The maximum absolute atomic E-state index is 13.5. The first-order chi connectivity index (χ1) is 13.1. The molecule has 0 aliphatic heterocycles. The van der Waals surface area contributed by atoms with Crippen LogP contribution >= 0.6 is 11.8 Å². The molecule has 0 fully saturated rings. The number of halogens is 2. The predicted molar refractivity (Wildman–Crippen MR) is 105 cm³/mol. The van der Waals surface area contributed by atoms with Gasteiger partial charge in [0.2, 0.25) is 0 Å². The molecule has 0 unspecified atom stereocenters. The van der Waals surface area contributed by atoms with Crippen molar-refractivity contribution in [3.63, 3.8) is 0 Å². The Bertz CT molecular complexity index is 716. The zero-order chi connectivity index (χ0) is 19.5. The van der Waals surface area contributed by atoms with E-state index in [1.165, 1.54) is 0 Å². The number of benzene rings is 2. The maximum atomic E-state index is 13.5. The van der Waals surface area contributed by atoms with Gasteiger partial charge in [-0.3, -0.25) is 0 Å². The molecule has 0 aromatic heterocycles. The number of rotatable bonds is 12. The van der Waals surface area contributed by atoms with E-state index in [9.17, 15) is 8.78 Å². The fraction of sp³-hybridized carbons (Fsp3) is 0.400. The first-order valence-corrected chi connectivity index (χ1v) is 10.1. The SMILES string of the molecule is CSCCOc1ccc(OCCCCOCc2cc(F)ccc2F)c(N)c1. The van der Waals surface area contributed by atoms with Gasteiger partial charge in [-0.25, -0.2) is 8.78 Å². The van der Waals surface area contributed by atoms with Crippen LogP contribution in [0.2, 0.25) is 0 Å². The number of nitrogens with two attached hydrogens (primary N) is 1. The van der Waals surface area contributed by atoms with Crippen molar-refractivity contribution in [2.45, 2.75) is 19.4 Å². The number of ether oxygens (including phenoxy) is 3. The second-order valence-corrected chi connectivity index (χ2v) is 6.87. The molecule has 2 rings (SSSR count). The van der Waals surface area contributed by atoms with E-state index in [0.717, 1.165) is 42.5 Å². The third-order valence-electron chi connectivity index (χ3n) is 3.74. The van der Waals surface area contributed by atoms with Crippen LogP contribution in [0.25, 0.3) is 0 Å². The van der Waals surface area contributed by atoms with E-state index in [4.69, 9.17) is 19.9 Å². The normalized spacial score (nSPS) is 10.8. The Morgan fingerprint density at radius 2 is 1.78 bits per heavy atom. The summed E-state index contributed by atoms with van der Waals surface area (Å²) in [6.45, 7) is 1.63. The second kappa shape index (κ2) is 11.7. The number of hydrogen-bond donors (Lipinski definition) is 1. The molecule has 0 atom stereocenters. The van der Waals surface area contributed by atoms with E-state index in [1.54, 1.807) is 23.9 Å².